The van der Waals surface area contributed by atoms with Crippen LogP contribution in [0.2, 0.25) is 0 Å². The Labute approximate surface area is 137 Å². The summed E-state index contributed by atoms with van der Waals surface area (Å²) >= 11 is 0. The summed E-state index contributed by atoms with van der Waals surface area (Å²) in [6.45, 7) is 5.90. The zero-order chi connectivity index (χ0) is 16.5. The maximum absolute atomic E-state index is 11.3. The average molecular weight is 312 g/mol. The van der Waals surface area contributed by atoms with Crippen LogP contribution in [0.25, 0.3) is 0 Å². The van der Waals surface area contributed by atoms with Gasteiger partial charge in [0.25, 0.3) is 0 Å². The van der Waals surface area contributed by atoms with Crippen molar-refractivity contribution in [3.05, 3.63) is 0 Å². The van der Waals surface area contributed by atoms with E-state index >= 15 is 0 Å². The van der Waals surface area contributed by atoms with Gasteiger partial charge in [0.1, 0.15) is 0 Å². The highest BCUT2D eigenvalue weighted by atomic mass is 16.7. The van der Waals surface area contributed by atoms with Crippen molar-refractivity contribution < 1.29 is 9.63 Å². The lowest BCUT2D eigenvalue weighted by Crippen LogP contribution is -2.00. The predicted molar refractivity (Wildman–Crippen MR) is 95.2 cm³/mol. The highest BCUT2D eigenvalue weighted by Crippen LogP contribution is 2.13. The third-order valence-corrected chi connectivity index (χ3v) is 3.81. The van der Waals surface area contributed by atoms with Gasteiger partial charge >= 0.3 is 5.97 Å². The van der Waals surface area contributed by atoms with E-state index in [1.54, 1.807) is 0 Å². The first-order chi connectivity index (χ1) is 10.7. The molecule has 0 saturated carbocycles. The Morgan fingerprint density at radius 1 is 0.727 bits per heavy atom. The van der Waals surface area contributed by atoms with Crippen LogP contribution in [0.4, 0.5) is 0 Å². The van der Waals surface area contributed by atoms with Crippen LogP contribution in [0.3, 0.4) is 0 Å². The number of hydrogen-bond acceptors (Lipinski definition) is 3. The lowest BCUT2D eigenvalue weighted by atomic mass is 10.0. The van der Waals surface area contributed by atoms with E-state index < -0.39 is 0 Å². The Morgan fingerprint density at radius 2 is 1.14 bits per heavy atom. The largest absolute Gasteiger partial charge is 0.335 e. The summed E-state index contributed by atoms with van der Waals surface area (Å²) < 4.78 is 0. The summed E-state index contributed by atoms with van der Waals surface area (Å²) in [4.78, 5) is 16.1. The smallest absolute Gasteiger partial charge is 0.318 e. The molecule has 0 N–H and O–H groups in total. The third kappa shape index (κ3) is 17.2. The minimum atomic E-state index is -0.204. The molecule has 0 aromatic heterocycles. The first-order valence-electron chi connectivity index (χ1n) is 9.38. The molecule has 0 atom stereocenters. The molecule has 0 radical (unpaired) electrons. The molecule has 0 saturated heterocycles. The normalized spacial score (nSPS) is 10.5. The molecule has 0 spiro atoms. The molecule has 0 unspecified atom stereocenters. The first-order valence-corrected chi connectivity index (χ1v) is 9.38. The topological polar surface area (TPSA) is 38.7 Å². The molecule has 0 aliphatic carbocycles. The Balaban J connectivity index is 3.14. The molecule has 3 heteroatoms. The molecule has 0 aromatic carbocycles. The van der Waals surface area contributed by atoms with E-state index in [4.69, 9.17) is 4.84 Å². The Kier molecular flexibility index (Phi) is 15.9. The Hall–Kier alpha value is -0.860. The second kappa shape index (κ2) is 16.5. The van der Waals surface area contributed by atoms with Gasteiger partial charge < -0.3 is 4.84 Å². The van der Waals surface area contributed by atoms with Gasteiger partial charge in [0.2, 0.25) is 0 Å². The van der Waals surface area contributed by atoms with Gasteiger partial charge in [-0.3, -0.25) is 0 Å². The fourth-order valence-corrected chi connectivity index (χ4v) is 2.47. The van der Waals surface area contributed by atoms with E-state index in [9.17, 15) is 4.79 Å². The molecule has 0 aliphatic rings. The van der Waals surface area contributed by atoms with Crippen molar-refractivity contribution in [1.29, 1.82) is 0 Å². The van der Waals surface area contributed by atoms with Crippen molar-refractivity contribution in [1.82, 2.24) is 0 Å². The number of rotatable bonds is 15. The molecule has 22 heavy (non-hydrogen) atoms. The molecular formula is C19H37NO2. The lowest BCUT2D eigenvalue weighted by Gasteiger charge is -2.03. The highest BCUT2D eigenvalue weighted by molar-refractivity contribution is 5.79. The van der Waals surface area contributed by atoms with Crippen LogP contribution in [0.5, 0.6) is 0 Å². The summed E-state index contributed by atoms with van der Waals surface area (Å²) in [5, 5.41) is 3.67. The third-order valence-electron chi connectivity index (χ3n) is 3.81. The second-order valence-electron chi connectivity index (χ2n) is 6.49. The Morgan fingerprint density at radius 3 is 1.55 bits per heavy atom. The predicted octanol–water partition coefficient (Wildman–Crippen LogP) is 6.41. The fraction of sp³-hybridized carbons (Fsp3) is 0.895. The van der Waals surface area contributed by atoms with E-state index in [0.29, 0.717) is 6.42 Å². The molecule has 130 valence electrons. The number of unbranched alkanes of at least 4 members (excludes halogenated alkanes) is 12. The van der Waals surface area contributed by atoms with Crippen LogP contribution in [0.1, 0.15) is 111 Å². The van der Waals surface area contributed by atoms with E-state index in [1.807, 2.05) is 13.8 Å². The van der Waals surface area contributed by atoms with Crippen molar-refractivity contribution in [2.45, 2.75) is 111 Å². The van der Waals surface area contributed by atoms with Crippen molar-refractivity contribution in [2.75, 3.05) is 0 Å². The molecule has 0 fully saturated rings. The monoisotopic (exact) mass is 311 g/mol. The molecule has 0 aromatic rings. The number of carbonyl (C=O) groups excluding carboxylic acids is 1. The summed E-state index contributed by atoms with van der Waals surface area (Å²) in [5.74, 6) is -0.204. The first kappa shape index (κ1) is 21.1. The van der Waals surface area contributed by atoms with E-state index in [-0.39, 0.29) is 5.97 Å². The average Bonchev–Trinajstić information content (AvgIpc) is 2.49. The van der Waals surface area contributed by atoms with Gasteiger partial charge in [-0.2, -0.15) is 0 Å². The van der Waals surface area contributed by atoms with Gasteiger partial charge in [-0.25, -0.2) is 4.79 Å². The van der Waals surface area contributed by atoms with Gasteiger partial charge in [-0.05, 0) is 20.3 Å². The van der Waals surface area contributed by atoms with Crippen molar-refractivity contribution in [3.8, 4) is 0 Å². The van der Waals surface area contributed by atoms with E-state index in [2.05, 4.69) is 12.1 Å². The molecule has 0 heterocycles. The minimum Gasteiger partial charge on any atom is -0.318 e. The molecule has 0 aliphatic heterocycles. The van der Waals surface area contributed by atoms with Crippen LogP contribution in [0, 0.1) is 0 Å². The molecule has 3 nitrogen and oxygen atoms in total. The van der Waals surface area contributed by atoms with Crippen LogP contribution in [-0.4, -0.2) is 11.7 Å². The van der Waals surface area contributed by atoms with Crippen LogP contribution < -0.4 is 0 Å². The quantitative estimate of drug-likeness (QED) is 0.152. The van der Waals surface area contributed by atoms with Gasteiger partial charge in [-0.1, -0.05) is 89.1 Å². The van der Waals surface area contributed by atoms with Crippen molar-refractivity contribution in [3.63, 3.8) is 0 Å². The van der Waals surface area contributed by atoms with Crippen LogP contribution in [-0.2, 0) is 9.63 Å². The standard InChI is InChI=1S/C19H37NO2/c1-4-5-6-7-8-9-10-11-12-13-14-15-16-17-19(21)22-20-18(2)3/h4-17H2,1-3H3. The molecule has 0 amide bonds. The maximum atomic E-state index is 11.3. The van der Waals surface area contributed by atoms with Gasteiger partial charge in [0, 0.05) is 6.42 Å². The number of oxime groups is 1. The summed E-state index contributed by atoms with van der Waals surface area (Å²) in [7, 11) is 0. The van der Waals surface area contributed by atoms with Crippen molar-refractivity contribution >= 4 is 11.7 Å². The lowest BCUT2D eigenvalue weighted by molar-refractivity contribution is -0.143. The SMILES string of the molecule is CCCCCCCCCCCCCCCC(=O)ON=C(C)C. The maximum Gasteiger partial charge on any atom is 0.335 e. The molecule has 0 rings (SSSR count). The van der Waals surface area contributed by atoms with Crippen molar-refractivity contribution in [2.24, 2.45) is 5.16 Å². The number of hydrogen-bond donors (Lipinski definition) is 0. The Bertz CT molecular complexity index is 283. The molecular weight excluding hydrogens is 274 g/mol. The highest BCUT2D eigenvalue weighted by Gasteiger charge is 2.02. The van der Waals surface area contributed by atoms with Gasteiger partial charge in [0.15, 0.2) is 0 Å². The fourth-order valence-electron chi connectivity index (χ4n) is 2.47. The summed E-state index contributed by atoms with van der Waals surface area (Å²) in [6.07, 6.45) is 17.6. The van der Waals surface area contributed by atoms with E-state index in [1.165, 1.54) is 70.6 Å². The zero-order valence-electron chi connectivity index (χ0n) is 15.2. The van der Waals surface area contributed by atoms with Crippen LogP contribution >= 0.6 is 0 Å². The van der Waals surface area contributed by atoms with E-state index in [0.717, 1.165) is 18.6 Å². The minimum absolute atomic E-state index is 0.204. The summed E-state index contributed by atoms with van der Waals surface area (Å²) in [5.41, 5.74) is 0.777. The summed E-state index contributed by atoms with van der Waals surface area (Å²) in [6, 6.07) is 0. The van der Waals surface area contributed by atoms with Gasteiger partial charge in [0.05, 0.1) is 5.71 Å². The zero-order valence-corrected chi connectivity index (χ0v) is 15.2. The second-order valence-corrected chi connectivity index (χ2v) is 6.49. The molecule has 0 bridgehead atoms. The number of nitrogens with zero attached hydrogens (tertiary/aromatic N) is 1. The van der Waals surface area contributed by atoms with Gasteiger partial charge in [-0.15, -0.1) is 0 Å². The van der Waals surface area contributed by atoms with Crippen LogP contribution in [0.15, 0.2) is 5.16 Å². The number of carbonyl (C=O) groups is 1.